The van der Waals surface area contributed by atoms with E-state index in [0.717, 1.165) is 18.2 Å². The molecule has 1 saturated heterocycles. The molecular formula is C28H22O16. The smallest absolute Gasteiger partial charge is 0.344 e. The number of carbonyl (C=O) groups is 1. The summed E-state index contributed by atoms with van der Waals surface area (Å²) < 4.78 is 38.2. The molecule has 0 amide bonds. The summed E-state index contributed by atoms with van der Waals surface area (Å²) in [6, 6.07) is 3.94. The van der Waals surface area contributed by atoms with E-state index >= 15 is 0 Å². The molecule has 4 unspecified atom stereocenters. The molecule has 5 aromatic rings. The Hall–Kier alpha value is -5.29. The zero-order chi connectivity index (χ0) is 31.6. The minimum atomic E-state index is -1.70. The minimum absolute atomic E-state index is 0.0276. The van der Waals surface area contributed by atoms with Crippen molar-refractivity contribution in [1.29, 1.82) is 0 Å². The van der Waals surface area contributed by atoms with Gasteiger partial charge >= 0.3 is 17.2 Å². The maximum absolute atomic E-state index is 13.3. The van der Waals surface area contributed by atoms with Crippen LogP contribution in [-0.4, -0.2) is 82.0 Å². The molecule has 6 N–H and O–H groups in total. The van der Waals surface area contributed by atoms with E-state index in [0.29, 0.717) is 0 Å². The molecule has 0 aliphatic carbocycles. The predicted molar refractivity (Wildman–Crippen MR) is 145 cm³/mol. The van der Waals surface area contributed by atoms with Gasteiger partial charge in [-0.15, -0.1) is 0 Å². The first-order valence-electron chi connectivity index (χ1n) is 12.7. The zero-order valence-corrected chi connectivity index (χ0v) is 22.6. The molecule has 1 aliphatic rings. The molecule has 0 radical (unpaired) electrons. The zero-order valence-electron chi connectivity index (χ0n) is 22.6. The first-order valence-corrected chi connectivity index (χ1v) is 12.7. The summed E-state index contributed by atoms with van der Waals surface area (Å²) in [5.41, 5.74) is -2.94. The normalized spacial score (nSPS) is 20.3. The highest BCUT2D eigenvalue weighted by Gasteiger charge is 2.40. The summed E-state index contributed by atoms with van der Waals surface area (Å²) in [5.74, 6) is -4.72. The number of aromatic hydroxyl groups is 3. The average molecular weight is 614 g/mol. The molecule has 230 valence electrons. The number of benzene rings is 3. The number of phenolic OH excluding ortho intramolecular Hbond substituents is 3. The monoisotopic (exact) mass is 614 g/mol. The van der Waals surface area contributed by atoms with Crippen molar-refractivity contribution in [2.24, 2.45) is 0 Å². The lowest BCUT2D eigenvalue weighted by atomic mass is 10.0. The van der Waals surface area contributed by atoms with Crippen LogP contribution in [0.2, 0.25) is 0 Å². The molecule has 44 heavy (non-hydrogen) atoms. The van der Waals surface area contributed by atoms with Gasteiger partial charge in [0.1, 0.15) is 18.3 Å². The van der Waals surface area contributed by atoms with E-state index in [1.807, 2.05) is 0 Å². The van der Waals surface area contributed by atoms with Crippen molar-refractivity contribution in [3.05, 3.63) is 50.7 Å². The van der Waals surface area contributed by atoms with Gasteiger partial charge in [-0.25, -0.2) is 14.4 Å². The van der Waals surface area contributed by atoms with Crippen molar-refractivity contribution < 1.29 is 68.0 Å². The number of phenols is 3. The van der Waals surface area contributed by atoms with Gasteiger partial charge in [0.15, 0.2) is 39.9 Å². The predicted octanol–water partition coefficient (Wildman–Crippen LogP) is 0.661. The molecule has 0 saturated carbocycles. The molecule has 2 aromatic heterocycles. The van der Waals surface area contributed by atoms with E-state index in [4.69, 9.17) is 32.5 Å². The number of ether oxygens (including phenoxy) is 5. The third-order valence-electron chi connectivity index (χ3n) is 7.10. The summed E-state index contributed by atoms with van der Waals surface area (Å²) in [6.45, 7) is -0.376. The maximum atomic E-state index is 13.3. The second-order valence-corrected chi connectivity index (χ2v) is 9.72. The van der Waals surface area contributed by atoms with E-state index < -0.39 is 64.8 Å². The molecule has 0 spiro atoms. The Morgan fingerprint density at radius 3 is 1.86 bits per heavy atom. The molecular weight excluding hydrogens is 592 g/mol. The van der Waals surface area contributed by atoms with Gasteiger partial charge in [0.05, 0.1) is 37.2 Å². The summed E-state index contributed by atoms with van der Waals surface area (Å²) in [7, 11) is 2.40. The first-order chi connectivity index (χ1) is 20.9. The molecule has 4 atom stereocenters. The first kappa shape index (κ1) is 28.8. The number of hydrogen-bond donors (Lipinski definition) is 6. The van der Waals surface area contributed by atoms with E-state index in [1.54, 1.807) is 0 Å². The molecule has 0 bridgehead atoms. The van der Waals surface area contributed by atoms with Crippen LogP contribution >= 0.6 is 0 Å². The molecule has 1 fully saturated rings. The number of esters is 1. The van der Waals surface area contributed by atoms with E-state index in [2.05, 4.69) is 0 Å². The Bertz CT molecular complexity index is 2040. The Labute approximate surface area is 243 Å². The Kier molecular flexibility index (Phi) is 6.85. The Morgan fingerprint density at radius 2 is 1.32 bits per heavy atom. The van der Waals surface area contributed by atoms with Crippen LogP contribution in [0.3, 0.4) is 0 Å². The molecule has 16 heteroatoms. The summed E-state index contributed by atoms with van der Waals surface area (Å²) in [6.07, 6.45) is -6.18. The number of hydrogen-bond acceptors (Lipinski definition) is 16. The van der Waals surface area contributed by atoms with Gasteiger partial charge in [0.25, 0.3) is 0 Å². The van der Waals surface area contributed by atoms with Gasteiger partial charge in [-0.1, -0.05) is 0 Å². The average Bonchev–Trinajstić information content (AvgIpc) is 2.99. The van der Waals surface area contributed by atoms with E-state index in [9.17, 15) is 45.0 Å². The van der Waals surface area contributed by atoms with Crippen LogP contribution in [0.4, 0.5) is 0 Å². The van der Waals surface area contributed by atoms with Crippen molar-refractivity contribution in [1.82, 2.24) is 0 Å². The lowest BCUT2D eigenvalue weighted by molar-refractivity contribution is -0.242. The maximum Gasteiger partial charge on any atom is 0.344 e. The van der Waals surface area contributed by atoms with Crippen molar-refractivity contribution in [3.63, 3.8) is 0 Å². The van der Waals surface area contributed by atoms with Crippen molar-refractivity contribution in [3.8, 4) is 40.2 Å². The fraction of sp³-hybridized carbons (Fsp3) is 0.250. The third-order valence-corrected chi connectivity index (χ3v) is 7.10. The summed E-state index contributed by atoms with van der Waals surface area (Å²) >= 11 is 0. The van der Waals surface area contributed by atoms with E-state index in [1.165, 1.54) is 20.3 Å². The fourth-order valence-corrected chi connectivity index (χ4v) is 4.98. The standard InChI is InChI=1S/C28H22O16/c1-38-21-14(41-25(35)8-3-11(29)18(32)12(30)4-8)5-9-16-17-10(27(37)43-23(16)21)6-15(22(39-2)24(17)44-26(9)36)42-28-20(34)19(33)13(31)7-40-28/h3-6,13,19-20,28-34H,7H2,1-2H3. The van der Waals surface area contributed by atoms with Crippen LogP contribution in [0.1, 0.15) is 10.4 Å². The highest BCUT2D eigenvalue weighted by Crippen LogP contribution is 2.46. The van der Waals surface area contributed by atoms with Crippen LogP contribution in [0.15, 0.2) is 42.7 Å². The van der Waals surface area contributed by atoms with Crippen LogP contribution in [0.25, 0.3) is 32.7 Å². The highest BCUT2D eigenvalue weighted by atomic mass is 16.7. The van der Waals surface area contributed by atoms with Crippen molar-refractivity contribution >= 4 is 38.7 Å². The summed E-state index contributed by atoms with van der Waals surface area (Å²) in [4.78, 5) is 39.5. The van der Waals surface area contributed by atoms with Crippen LogP contribution in [0.5, 0.6) is 40.2 Å². The van der Waals surface area contributed by atoms with Gasteiger partial charge in [0.2, 0.25) is 17.8 Å². The molecule has 1 aliphatic heterocycles. The summed E-state index contributed by atoms with van der Waals surface area (Å²) in [5, 5.41) is 58.9. The second kappa shape index (κ2) is 10.5. The van der Waals surface area contributed by atoms with Gasteiger partial charge in [-0.2, -0.15) is 0 Å². The van der Waals surface area contributed by atoms with Crippen LogP contribution < -0.4 is 30.2 Å². The lowest BCUT2D eigenvalue weighted by Crippen LogP contribution is -2.54. The van der Waals surface area contributed by atoms with Crippen LogP contribution in [-0.2, 0) is 4.74 Å². The van der Waals surface area contributed by atoms with Gasteiger partial charge in [-0.05, 0) is 18.2 Å². The van der Waals surface area contributed by atoms with Gasteiger partial charge in [0, 0.05) is 16.8 Å². The molecule has 16 nitrogen and oxygen atoms in total. The number of methoxy groups -OCH3 is 2. The SMILES string of the molecule is COc1c(OC(=O)c2cc(O)c(O)c(O)c2)cc2c(=O)oc3c(OC)c(OC4OCC(O)C(O)C4O)cc4c(=O)oc1c2c34. The number of carbonyl (C=O) groups excluding carboxylic acids is 1. The lowest BCUT2D eigenvalue weighted by Gasteiger charge is -2.35. The van der Waals surface area contributed by atoms with Crippen molar-refractivity contribution in [2.45, 2.75) is 24.6 Å². The largest absolute Gasteiger partial charge is 0.504 e. The van der Waals surface area contributed by atoms with Crippen molar-refractivity contribution in [2.75, 3.05) is 20.8 Å². The molecule has 3 aromatic carbocycles. The highest BCUT2D eigenvalue weighted by molar-refractivity contribution is 6.22. The Balaban J connectivity index is 1.53. The number of aliphatic hydroxyl groups is 3. The quantitative estimate of drug-likeness (QED) is 0.0505. The molecule has 6 rings (SSSR count). The molecule has 3 heterocycles. The van der Waals surface area contributed by atoms with E-state index in [-0.39, 0.29) is 62.1 Å². The number of aliphatic hydroxyl groups excluding tert-OH is 3. The number of rotatable bonds is 6. The van der Waals surface area contributed by atoms with Crippen LogP contribution in [0, 0.1) is 0 Å². The topological polar surface area (TPSA) is 245 Å². The van der Waals surface area contributed by atoms with Gasteiger partial charge in [-0.3, -0.25) is 0 Å². The Morgan fingerprint density at radius 1 is 0.795 bits per heavy atom. The van der Waals surface area contributed by atoms with Gasteiger partial charge < -0.3 is 63.2 Å². The fourth-order valence-electron chi connectivity index (χ4n) is 4.98. The third kappa shape index (κ3) is 4.35. The minimum Gasteiger partial charge on any atom is -0.504 e. The second-order valence-electron chi connectivity index (χ2n) is 9.72.